The Bertz CT molecular complexity index is 1130. The molecule has 29 heavy (non-hydrogen) atoms. The summed E-state index contributed by atoms with van der Waals surface area (Å²) in [6.45, 7) is 5.14. The van der Waals surface area contributed by atoms with E-state index in [9.17, 15) is 4.79 Å². The molecule has 1 saturated heterocycles. The largest absolute Gasteiger partial charge is 0.472 e. The second-order valence-electron chi connectivity index (χ2n) is 6.99. The normalized spacial score (nSPS) is 16.4. The molecule has 3 aromatic heterocycles. The van der Waals surface area contributed by atoms with Crippen molar-refractivity contribution < 1.29 is 4.74 Å². The van der Waals surface area contributed by atoms with Crippen molar-refractivity contribution in [1.82, 2.24) is 29.9 Å². The van der Waals surface area contributed by atoms with Crippen LogP contribution in [0.4, 0.5) is 11.6 Å². The van der Waals surface area contributed by atoms with E-state index in [1.54, 1.807) is 16.9 Å². The minimum absolute atomic E-state index is 0.122. The van der Waals surface area contributed by atoms with Gasteiger partial charge in [0.1, 0.15) is 11.1 Å². The molecule has 4 rings (SSSR count). The standard InChI is InChI=1S/C18H21ClN8O2/c1-9-15(10(2)26(3)25-9)12-6-14(23-18(20)22-12)29-11-4-5-27(8-11)13-7-21-24-17(28)16(13)19/h6-7,11H,4-5,8H2,1-3H3,(H,24,28)(H2,20,22,23)/t11-/m1/s1. The van der Waals surface area contributed by atoms with E-state index >= 15 is 0 Å². The number of anilines is 2. The number of nitrogens with two attached hydrogens (primary N) is 1. The summed E-state index contributed by atoms with van der Waals surface area (Å²) < 4.78 is 7.88. The number of aromatic nitrogens is 6. The number of nitrogens with one attached hydrogen (secondary N) is 1. The monoisotopic (exact) mass is 416 g/mol. The van der Waals surface area contributed by atoms with E-state index in [1.807, 2.05) is 25.8 Å². The van der Waals surface area contributed by atoms with Gasteiger partial charge in [-0.3, -0.25) is 9.48 Å². The van der Waals surface area contributed by atoms with Crippen molar-refractivity contribution in [2.24, 2.45) is 7.05 Å². The molecule has 152 valence electrons. The zero-order chi connectivity index (χ0) is 20.7. The van der Waals surface area contributed by atoms with Gasteiger partial charge in [-0.1, -0.05) is 11.6 Å². The molecule has 1 aliphatic heterocycles. The van der Waals surface area contributed by atoms with Crippen LogP contribution in [0, 0.1) is 13.8 Å². The number of nitrogens with zero attached hydrogens (tertiary/aromatic N) is 6. The smallest absolute Gasteiger partial charge is 0.285 e. The molecule has 11 heteroatoms. The number of ether oxygens (including phenoxy) is 1. The number of hydrogen-bond acceptors (Lipinski definition) is 8. The maximum absolute atomic E-state index is 11.7. The summed E-state index contributed by atoms with van der Waals surface area (Å²) in [5, 5.41) is 10.7. The van der Waals surface area contributed by atoms with Gasteiger partial charge in [0.25, 0.3) is 5.56 Å². The highest BCUT2D eigenvalue weighted by Crippen LogP contribution is 2.30. The second-order valence-corrected chi connectivity index (χ2v) is 7.37. The molecule has 0 spiro atoms. The number of H-pyrrole nitrogens is 1. The van der Waals surface area contributed by atoms with Crippen LogP contribution in [0.5, 0.6) is 5.88 Å². The Morgan fingerprint density at radius 2 is 2.14 bits per heavy atom. The van der Waals surface area contributed by atoms with Gasteiger partial charge >= 0.3 is 0 Å². The summed E-state index contributed by atoms with van der Waals surface area (Å²) in [5.74, 6) is 0.536. The minimum Gasteiger partial charge on any atom is -0.472 e. The first-order valence-electron chi connectivity index (χ1n) is 9.13. The Hall–Kier alpha value is -3.14. The first-order valence-corrected chi connectivity index (χ1v) is 9.51. The van der Waals surface area contributed by atoms with Crippen molar-refractivity contribution in [3.63, 3.8) is 0 Å². The Kier molecular flexibility index (Phi) is 4.87. The maximum atomic E-state index is 11.7. The minimum atomic E-state index is -0.413. The van der Waals surface area contributed by atoms with Gasteiger partial charge in [0.2, 0.25) is 11.8 Å². The number of hydrogen-bond donors (Lipinski definition) is 2. The molecular weight excluding hydrogens is 396 g/mol. The molecular formula is C18H21ClN8O2. The van der Waals surface area contributed by atoms with Gasteiger partial charge in [0, 0.05) is 37.3 Å². The van der Waals surface area contributed by atoms with E-state index in [2.05, 4.69) is 25.3 Å². The van der Waals surface area contributed by atoms with Gasteiger partial charge in [-0.2, -0.15) is 15.2 Å². The molecule has 1 atom stereocenters. The average Bonchev–Trinajstić information content (AvgIpc) is 3.21. The third kappa shape index (κ3) is 3.63. The zero-order valence-electron chi connectivity index (χ0n) is 16.3. The van der Waals surface area contributed by atoms with Crippen LogP contribution in [0.3, 0.4) is 0 Å². The van der Waals surface area contributed by atoms with Crippen molar-refractivity contribution in [2.75, 3.05) is 23.7 Å². The number of aryl methyl sites for hydroxylation is 2. The first kappa shape index (κ1) is 19.2. The van der Waals surface area contributed by atoms with Crippen molar-refractivity contribution >= 4 is 23.2 Å². The zero-order valence-corrected chi connectivity index (χ0v) is 17.1. The van der Waals surface area contributed by atoms with E-state index < -0.39 is 5.56 Å². The molecule has 0 amide bonds. The third-order valence-electron chi connectivity index (χ3n) is 5.04. The van der Waals surface area contributed by atoms with Crippen molar-refractivity contribution in [1.29, 1.82) is 0 Å². The van der Waals surface area contributed by atoms with Gasteiger partial charge in [-0.25, -0.2) is 10.1 Å². The molecule has 1 aliphatic rings. The summed E-state index contributed by atoms with van der Waals surface area (Å²) in [4.78, 5) is 22.2. The summed E-state index contributed by atoms with van der Waals surface area (Å²) >= 11 is 6.11. The SMILES string of the molecule is Cc1nn(C)c(C)c1-c1cc(O[C@@H]2CCN(c3cn[nH]c(=O)c3Cl)C2)nc(N)n1. The van der Waals surface area contributed by atoms with Crippen LogP contribution in [-0.2, 0) is 7.05 Å². The molecule has 10 nitrogen and oxygen atoms in total. The lowest BCUT2D eigenvalue weighted by molar-refractivity contribution is 0.216. The predicted octanol–water partition coefficient (Wildman–Crippen LogP) is 1.47. The molecule has 0 aliphatic carbocycles. The van der Waals surface area contributed by atoms with Gasteiger partial charge in [0.15, 0.2) is 0 Å². The van der Waals surface area contributed by atoms with E-state index in [-0.39, 0.29) is 17.1 Å². The molecule has 0 radical (unpaired) electrons. The van der Waals surface area contributed by atoms with E-state index in [1.165, 1.54) is 0 Å². The molecule has 0 saturated carbocycles. The lowest BCUT2D eigenvalue weighted by atomic mass is 10.1. The summed E-state index contributed by atoms with van der Waals surface area (Å²) in [7, 11) is 1.88. The van der Waals surface area contributed by atoms with Gasteiger partial charge in [-0.15, -0.1) is 0 Å². The van der Waals surface area contributed by atoms with E-state index in [0.717, 1.165) is 23.4 Å². The molecule has 0 aromatic carbocycles. The van der Waals surface area contributed by atoms with Crippen LogP contribution in [0.1, 0.15) is 17.8 Å². The Labute approximate surface area is 171 Å². The fourth-order valence-electron chi connectivity index (χ4n) is 3.58. The van der Waals surface area contributed by atoms with Crippen molar-refractivity contribution in [3.8, 4) is 17.1 Å². The highest BCUT2D eigenvalue weighted by molar-refractivity contribution is 6.33. The van der Waals surface area contributed by atoms with Gasteiger partial charge < -0.3 is 15.4 Å². The van der Waals surface area contributed by atoms with Crippen LogP contribution in [-0.4, -0.2) is 49.1 Å². The Morgan fingerprint density at radius 1 is 1.34 bits per heavy atom. The second kappa shape index (κ2) is 7.36. The average molecular weight is 417 g/mol. The fourth-order valence-corrected chi connectivity index (χ4v) is 3.79. The highest BCUT2D eigenvalue weighted by atomic mass is 35.5. The Balaban J connectivity index is 1.56. The number of aromatic amines is 1. The molecule has 0 unspecified atom stereocenters. The molecule has 4 heterocycles. The predicted molar refractivity (Wildman–Crippen MR) is 109 cm³/mol. The first-order chi connectivity index (χ1) is 13.8. The lowest BCUT2D eigenvalue weighted by Gasteiger charge is -2.19. The fraction of sp³-hybridized carbons (Fsp3) is 0.389. The van der Waals surface area contributed by atoms with Gasteiger partial charge in [-0.05, 0) is 13.8 Å². The summed E-state index contributed by atoms with van der Waals surface area (Å²) in [6.07, 6.45) is 2.15. The highest BCUT2D eigenvalue weighted by Gasteiger charge is 2.27. The lowest BCUT2D eigenvalue weighted by Crippen LogP contribution is -2.26. The molecule has 1 fully saturated rings. The number of halogens is 1. The molecule has 0 bridgehead atoms. The number of rotatable bonds is 4. The molecule has 3 N–H and O–H groups in total. The topological polar surface area (TPSA) is 128 Å². The van der Waals surface area contributed by atoms with Crippen LogP contribution in [0.15, 0.2) is 17.1 Å². The van der Waals surface area contributed by atoms with Crippen LogP contribution >= 0.6 is 11.6 Å². The van der Waals surface area contributed by atoms with Crippen LogP contribution in [0.25, 0.3) is 11.3 Å². The molecule has 3 aromatic rings. The van der Waals surface area contributed by atoms with Crippen LogP contribution in [0.2, 0.25) is 5.02 Å². The summed E-state index contributed by atoms with van der Waals surface area (Å²) in [5.41, 5.74) is 9.54. The van der Waals surface area contributed by atoms with Crippen molar-refractivity contribution in [3.05, 3.63) is 39.0 Å². The quantitative estimate of drug-likeness (QED) is 0.654. The maximum Gasteiger partial charge on any atom is 0.285 e. The van der Waals surface area contributed by atoms with Crippen molar-refractivity contribution in [2.45, 2.75) is 26.4 Å². The van der Waals surface area contributed by atoms with Crippen LogP contribution < -0.4 is 20.9 Å². The van der Waals surface area contributed by atoms with Gasteiger partial charge in [0.05, 0.1) is 29.8 Å². The summed E-state index contributed by atoms with van der Waals surface area (Å²) in [6, 6.07) is 1.78. The number of nitrogen functional groups attached to an aromatic ring is 1. The van der Waals surface area contributed by atoms with E-state index in [4.69, 9.17) is 22.1 Å². The Morgan fingerprint density at radius 3 is 2.86 bits per heavy atom. The third-order valence-corrected chi connectivity index (χ3v) is 5.40. The van der Waals surface area contributed by atoms with E-state index in [0.29, 0.717) is 30.4 Å².